The van der Waals surface area contributed by atoms with Crippen LogP contribution >= 0.6 is 11.6 Å². The van der Waals surface area contributed by atoms with Crippen LogP contribution in [0.4, 0.5) is 0 Å². The maximum Gasteiger partial charge on any atom is 0.0410 e. The van der Waals surface area contributed by atoms with Gasteiger partial charge in [-0.2, -0.15) is 0 Å². The van der Waals surface area contributed by atoms with Gasteiger partial charge in [0.2, 0.25) is 0 Å². The Labute approximate surface area is 83.7 Å². The SMILES string of the molecule is C=C/C=C(\NC)c1ccc(Cl)cc1. The molecule has 13 heavy (non-hydrogen) atoms. The third-order valence-corrected chi connectivity index (χ3v) is 1.96. The molecular formula is C11H12ClN. The summed E-state index contributed by atoms with van der Waals surface area (Å²) in [6.45, 7) is 3.65. The highest BCUT2D eigenvalue weighted by atomic mass is 35.5. The Morgan fingerprint density at radius 1 is 1.38 bits per heavy atom. The highest BCUT2D eigenvalue weighted by molar-refractivity contribution is 6.30. The summed E-state index contributed by atoms with van der Waals surface area (Å²) >= 11 is 5.78. The maximum absolute atomic E-state index is 5.78. The van der Waals surface area contributed by atoms with Crippen LogP contribution < -0.4 is 5.32 Å². The van der Waals surface area contributed by atoms with E-state index in [-0.39, 0.29) is 0 Å². The van der Waals surface area contributed by atoms with Gasteiger partial charge in [-0.25, -0.2) is 0 Å². The van der Waals surface area contributed by atoms with E-state index in [0.717, 1.165) is 16.3 Å². The first-order valence-electron chi connectivity index (χ1n) is 4.04. The fourth-order valence-electron chi connectivity index (χ4n) is 1.07. The zero-order valence-electron chi connectivity index (χ0n) is 7.55. The van der Waals surface area contributed by atoms with Crippen LogP contribution in [-0.2, 0) is 0 Å². The van der Waals surface area contributed by atoms with Crippen molar-refractivity contribution in [1.82, 2.24) is 5.32 Å². The fraction of sp³-hybridized carbons (Fsp3) is 0.0909. The highest BCUT2D eigenvalue weighted by Gasteiger charge is 1.96. The van der Waals surface area contributed by atoms with Gasteiger partial charge in [-0.1, -0.05) is 36.4 Å². The molecule has 0 fully saturated rings. The molecule has 0 heterocycles. The number of benzene rings is 1. The van der Waals surface area contributed by atoms with Crippen molar-refractivity contribution in [3.8, 4) is 0 Å². The summed E-state index contributed by atoms with van der Waals surface area (Å²) in [5.74, 6) is 0. The molecule has 0 saturated carbocycles. The number of halogens is 1. The molecule has 0 aromatic heterocycles. The quantitative estimate of drug-likeness (QED) is 0.728. The van der Waals surface area contributed by atoms with Gasteiger partial charge >= 0.3 is 0 Å². The lowest BCUT2D eigenvalue weighted by molar-refractivity contribution is 1.13. The minimum absolute atomic E-state index is 0.748. The highest BCUT2D eigenvalue weighted by Crippen LogP contribution is 2.15. The molecule has 0 aliphatic rings. The first-order chi connectivity index (χ1) is 6.27. The fourth-order valence-corrected chi connectivity index (χ4v) is 1.20. The van der Waals surface area contributed by atoms with Gasteiger partial charge in [0.05, 0.1) is 0 Å². The Morgan fingerprint density at radius 3 is 2.46 bits per heavy atom. The lowest BCUT2D eigenvalue weighted by Gasteiger charge is -2.05. The van der Waals surface area contributed by atoms with Gasteiger partial charge in [0.25, 0.3) is 0 Å². The van der Waals surface area contributed by atoms with Crippen LogP contribution in [0.5, 0.6) is 0 Å². The van der Waals surface area contributed by atoms with Crippen LogP contribution in [0.2, 0.25) is 5.02 Å². The number of nitrogens with one attached hydrogen (secondary N) is 1. The second-order valence-electron chi connectivity index (χ2n) is 2.57. The minimum Gasteiger partial charge on any atom is -0.388 e. The average molecular weight is 194 g/mol. The Kier molecular flexibility index (Phi) is 3.59. The second kappa shape index (κ2) is 4.73. The molecule has 0 atom stereocenters. The van der Waals surface area contributed by atoms with E-state index in [1.54, 1.807) is 6.08 Å². The predicted molar refractivity (Wildman–Crippen MR) is 58.7 cm³/mol. The van der Waals surface area contributed by atoms with Crippen LogP contribution in [0, 0.1) is 0 Å². The van der Waals surface area contributed by atoms with Crippen molar-refractivity contribution < 1.29 is 0 Å². The van der Waals surface area contributed by atoms with E-state index in [1.165, 1.54) is 0 Å². The van der Waals surface area contributed by atoms with Crippen molar-refractivity contribution in [2.24, 2.45) is 0 Å². The number of hydrogen-bond acceptors (Lipinski definition) is 1. The minimum atomic E-state index is 0.748. The molecule has 0 aliphatic carbocycles. The van der Waals surface area contributed by atoms with Gasteiger partial charge in [-0.05, 0) is 23.8 Å². The predicted octanol–water partition coefficient (Wildman–Crippen LogP) is 3.09. The van der Waals surface area contributed by atoms with Gasteiger partial charge in [0.1, 0.15) is 0 Å². The zero-order chi connectivity index (χ0) is 9.68. The first-order valence-corrected chi connectivity index (χ1v) is 4.42. The third-order valence-electron chi connectivity index (χ3n) is 1.71. The van der Waals surface area contributed by atoms with Gasteiger partial charge in [-0.15, -0.1) is 0 Å². The summed E-state index contributed by atoms with van der Waals surface area (Å²) in [5.41, 5.74) is 2.14. The molecule has 1 aromatic rings. The summed E-state index contributed by atoms with van der Waals surface area (Å²) in [5, 5.41) is 3.83. The molecule has 0 amide bonds. The zero-order valence-corrected chi connectivity index (χ0v) is 8.31. The number of allylic oxidation sites excluding steroid dienone is 2. The lowest BCUT2D eigenvalue weighted by atomic mass is 10.1. The van der Waals surface area contributed by atoms with Crippen LogP contribution in [0.15, 0.2) is 43.0 Å². The first kappa shape index (κ1) is 9.87. The van der Waals surface area contributed by atoms with Crippen molar-refractivity contribution in [3.63, 3.8) is 0 Å². The molecule has 0 radical (unpaired) electrons. The Balaban J connectivity index is 2.99. The summed E-state index contributed by atoms with van der Waals surface area (Å²) in [6.07, 6.45) is 3.67. The Morgan fingerprint density at radius 2 is 2.00 bits per heavy atom. The van der Waals surface area contributed by atoms with Crippen LogP contribution in [0.25, 0.3) is 5.70 Å². The van der Waals surface area contributed by atoms with E-state index < -0.39 is 0 Å². The topological polar surface area (TPSA) is 12.0 Å². The molecule has 2 heteroatoms. The van der Waals surface area contributed by atoms with E-state index >= 15 is 0 Å². The smallest absolute Gasteiger partial charge is 0.0410 e. The molecule has 1 aromatic carbocycles. The third kappa shape index (κ3) is 2.63. The maximum atomic E-state index is 5.78. The Bertz CT molecular complexity index is 311. The van der Waals surface area contributed by atoms with Crippen LogP contribution in [0.1, 0.15) is 5.56 Å². The van der Waals surface area contributed by atoms with Crippen molar-refractivity contribution in [3.05, 3.63) is 53.6 Å². The van der Waals surface area contributed by atoms with E-state index in [9.17, 15) is 0 Å². The van der Waals surface area contributed by atoms with E-state index in [1.807, 2.05) is 37.4 Å². The number of hydrogen-bond donors (Lipinski definition) is 1. The van der Waals surface area contributed by atoms with Crippen molar-refractivity contribution in [1.29, 1.82) is 0 Å². The van der Waals surface area contributed by atoms with Crippen LogP contribution in [0.3, 0.4) is 0 Å². The van der Waals surface area contributed by atoms with E-state index in [2.05, 4.69) is 11.9 Å². The monoisotopic (exact) mass is 193 g/mol. The lowest BCUT2D eigenvalue weighted by Crippen LogP contribution is -2.03. The molecule has 0 unspecified atom stereocenters. The van der Waals surface area contributed by atoms with Crippen molar-refractivity contribution in [2.75, 3.05) is 7.05 Å². The largest absolute Gasteiger partial charge is 0.388 e. The summed E-state index contributed by atoms with van der Waals surface area (Å²) in [7, 11) is 1.88. The molecule has 1 rings (SSSR count). The molecular weight excluding hydrogens is 182 g/mol. The second-order valence-corrected chi connectivity index (χ2v) is 3.01. The van der Waals surface area contributed by atoms with Gasteiger partial charge in [0, 0.05) is 17.8 Å². The van der Waals surface area contributed by atoms with Gasteiger partial charge < -0.3 is 5.32 Å². The van der Waals surface area contributed by atoms with Crippen molar-refractivity contribution in [2.45, 2.75) is 0 Å². The molecule has 1 N–H and O–H groups in total. The molecule has 0 aliphatic heterocycles. The van der Waals surface area contributed by atoms with E-state index in [0.29, 0.717) is 0 Å². The average Bonchev–Trinajstić information content (AvgIpc) is 2.16. The van der Waals surface area contributed by atoms with Gasteiger partial charge in [-0.3, -0.25) is 0 Å². The summed E-state index contributed by atoms with van der Waals surface area (Å²) in [4.78, 5) is 0. The molecule has 0 saturated heterocycles. The molecule has 1 nitrogen and oxygen atoms in total. The van der Waals surface area contributed by atoms with E-state index in [4.69, 9.17) is 11.6 Å². The number of rotatable bonds is 3. The molecule has 0 spiro atoms. The Hall–Kier alpha value is -1.21. The van der Waals surface area contributed by atoms with Crippen molar-refractivity contribution >= 4 is 17.3 Å². The normalized spacial score (nSPS) is 11.1. The molecule has 68 valence electrons. The van der Waals surface area contributed by atoms with Crippen LogP contribution in [-0.4, -0.2) is 7.05 Å². The summed E-state index contributed by atoms with van der Waals surface area (Å²) < 4.78 is 0. The standard InChI is InChI=1S/C11H12ClN/c1-3-4-11(13-2)9-5-7-10(12)8-6-9/h3-8,13H,1H2,2H3/b11-4-. The molecule has 0 bridgehead atoms. The summed E-state index contributed by atoms with van der Waals surface area (Å²) in [6, 6.07) is 7.67. The van der Waals surface area contributed by atoms with Gasteiger partial charge in [0.15, 0.2) is 0 Å².